The Kier molecular flexibility index (Phi) is 3.87. The van der Waals surface area contributed by atoms with Crippen molar-refractivity contribution in [2.45, 2.75) is 25.7 Å². The van der Waals surface area contributed by atoms with Crippen LogP contribution in [0.4, 0.5) is 4.39 Å². The third kappa shape index (κ3) is 2.77. The second-order valence-electron chi connectivity index (χ2n) is 5.07. The SMILES string of the molecule is NC(Cc1cc(Br)ccc1F)c1ccc2c(c1)COC2. The van der Waals surface area contributed by atoms with Crippen LogP contribution < -0.4 is 5.73 Å². The zero-order valence-corrected chi connectivity index (χ0v) is 12.5. The van der Waals surface area contributed by atoms with E-state index in [0.29, 0.717) is 25.2 Å². The van der Waals surface area contributed by atoms with Gasteiger partial charge in [-0.15, -0.1) is 0 Å². The van der Waals surface area contributed by atoms with Crippen LogP contribution in [0.15, 0.2) is 40.9 Å². The van der Waals surface area contributed by atoms with Crippen molar-refractivity contribution < 1.29 is 9.13 Å². The summed E-state index contributed by atoms with van der Waals surface area (Å²) < 4.78 is 20.0. The first kappa shape index (κ1) is 13.7. The summed E-state index contributed by atoms with van der Waals surface area (Å²) in [7, 11) is 0. The Labute approximate surface area is 125 Å². The monoisotopic (exact) mass is 335 g/mol. The maximum Gasteiger partial charge on any atom is 0.126 e. The van der Waals surface area contributed by atoms with Crippen molar-refractivity contribution in [1.29, 1.82) is 0 Å². The molecule has 2 N–H and O–H groups in total. The van der Waals surface area contributed by atoms with Crippen molar-refractivity contribution in [1.82, 2.24) is 0 Å². The summed E-state index contributed by atoms with van der Waals surface area (Å²) in [5.74, 6) is -0.215. The molecule has 0 radical (unpaired) electrons. The fourth-order valence-corrected chi connectivity index (χ4v) is 2.89. The lowest BCUT2D eigenvalue weighted by Gasteiger charge is -2.14. The minimum absolute atomic E-state index is 0.215. The number of fused-ring (bicyclic) bond motifs is 1. The average Bonchev–Trinajstić information content (AvgIpc) is 2.90. The molecule has 0 spiro atoms. The Morgan fingerprint density at radius 1 is 1.15 bits per heavy atom. The summed E-state index contributed by atoms with van der Waals surface area (Å²) in [6.07, 6.45) is 0.477. The molecule has 0 aromatic heterocycles. The van der Waals surface area contributed by atoms with E-state index in [1.807, 2.05) is 6.07 Å². The molecule has 2 aromatic rings. The van der Waals surface area contributed by atoms with Crippen LogP contribution in [0.2, 0.25) is 0 Å². The van der Waals surface area contributed by atoms with Crippen molar-refractivity contribution in [3.63, 3.8) is 0 Å². The van der Waals surface area contributed by atoms with Crippen LogP contribution in [0.5, 0.6) is 0 Å². The van der Waals surface area contributed by atoms with E-state index in [1.54, 1.807) is 12.1 Å². The van der Waals surface area contributed by atoms with Gasteiger partial charge < -0.3 is 10.5 Å². The molecule has 1 unspecified atom stereocenters. The van der Waals surface area contributed by atoms with Gasteiger partial charge >= 0.3 is 0 Å². The molecule has 1 atom stereocenters. The van der Waals surface area contributed by atoms with Gasteiger partial charge in [0, 0.05) is 10.5 Å². The summed E-state index contributed by atoms with van der Waals surface area (Å²) in [5, 5.41) is 0. The van der Waals surface area contributed by atoms with Gasteiger partial charge in [0.15, 0.2) is 0 Å². The minimum Gasteiger partial charge on any atom is -0.372 e. The minimum atomic E-state index is -0.218. The zero-order chi connectivity index (χ0) is 14.1. The molecule has 0 amide bonds. The number of halogens is 2. The lowest BCUT2D eigenvalue weighted by Crippen LogP contribution is -2.14. The smallest absolute Gasteiger partial charge is 0.126 e. The zero-order valence-electron chi connectivity index (χ0n) is 10.9. The van der Waals surface area contributed by atoms with Gasteiger partial charge in [-0.2, -0.15) is 0 Å². The number of ether oxygens (including phenoxy) is 1. The van der Waals surface area contributed by atoms with Crippen molar-refractivity contribution in [3.8, 4) is 0 Å². The number of hydrogen-bond donors (Lipinski definition) is 1. The fraction of sp³-hybridized carbons (Fsp3) is 0.250. The maximum atomic E-state index is 13.8. The highest BCUT2D eigenvalue weighted by atomic mass is 79.9. The number of nitrogens with two attached hydrogens (primary N) is 1. The first-order chi connectivity index (χ1) is 9.63. The molecule has 3 rings (SSSR count). The third-order valence-corrected chi connectivity index (χ3v) is 4.11. The highest BCUT2D eigenvalue weighted by molar-refractivity contribution is 9.10. The van der Waals surface area contributed by atoms with E-state index in [2.05, 4.69) is 28.1 Å². The van der Waals surface area contributed by atoms with Gasteiger partial charge in [-0.3, -0.25) is 0 Å². The average molecular weight is 336 g/mol. The molecule has 20 heavy (non-hydrogen) atoms. The second-order valence-corrected chi connectivity index (χ2v) is 5.98. The van der Waals surface area contributed by atoms with Crippen LogP contribution in [0, 0.1) is 5.82 Å². The summed E-state index contributed by atoms with van der Waals surface area (Å²) in [6.45, 7) is 1.31. The normalized spacial score (nSPS) is 15.2. The Hall–Kier alpha value is -1.23. The van der Waals surface area contributed by atoms with Gasteiger partial charge in [-0.25, -0.2) is 4.39 Å². The van der Waals surface area contributed by atoms with Crippen molar-refractivity contribution >= 4 is 15.9 Å². The van der Waals surface area contributed by atoms with Crippen LogP contribution in [0.25, 0.3) is 0 Å². The van der Waals surface area contributed by atoms with E-state index in [-0.39, 0.29) is 11.9 Å². The molecular formula is C16H15BrFNO. The van der Waals surface area contributed by atoms with Crippen LogP contribution in [-0.4, -0.2) is 0 Å². The Bertz CT molecular complexity index is 644. The van der Waals surface area contributed by atoms with Gasteiger partial charge in [-0.05, 0) is 46.9 Å². The van der Waals surface area contributed by atoms with E-state index >= 15 is 0 Å². The lowest BCUT2D eigenvalue weighted by molar-refractivity contribution is 0.134. The molecule has 1 aliphatic heterocycles. The van der Waals surface area contributed by atoms with E-state index in [9.17, 15) is 4.39 Å². The van der Waals surface area contributed by atoms with E-state index in [4.69, 9.17) is 10.5 Å². The topological polar surface area (TPSA) is 35.2 Å². The second kappa shape index (κ2) is 5.64. The summed E-state index contributed by atoms with van der Waals surface area (Å²) in [6, 6.07) is 10.8. The van der Waals surface area contributed by atoms with Gasteiger partial charge in [0.05, 0.1) is 13.2 Å². The first-order valence-electron chi connectivity index (χ1n) is 6.52. The molecule has 0 bridgehead atoms. The largest absolute Gasteiger partial charge is 0.372 e. The molecule has 104 valence electrons. The molecule has 2 aromatic carbocycles. The third-order valence-electron chi connectivity index (χ3n) is 3.62. The van der Waals surface area contributed by atoms with Crippen LogP contribution in [-0.2, 0) is 24.4 Å². The summed E-state index contributed by atoms with van der Waals surface area (Å²) in [5.41, 5.74) is 10.3. The number of rotatable bonds is 3. The Morgan fingerprint density at radius 3 is 2.80 bits per heavy atom. The molecule has 0 fully saturated rings. The standard InChI is InChI=1S/C16H15BrFNO/c17-14-3-4-15(18)12(6-14)7-16(19)10-1-2-11-8-20-9-13(11)5-10/h1-6,16H,7-9,19H2. The van der Waals surface area contributed by atoms with Gasteiger partial charge in [-0.1, -0.05) is 34.1 Å². The molecule has 4 heteroatoms. The van der Waals surface area contributed by atoms with E-state index < -0.39 is 0 Å². The highest BCUT2D eigenvalue weighted by Crippen LogP contribution is 2.26. The Balaban J connectivity index is 1.82. The first-order valence-corrected chi connectivity index (χ1v) is 7.32. The van der Waals surface area contributed by atoms with Crippen molar-refractivity contribution in [2.75, 3.05) is 0 Å². The number of benzene rings is 2. The predicted octanol–water partition coefficient (Wildman–Crippen LogP) is 3.86. The van der Waals surface area contributed by atoms with Gasteiger partial charge in [0.1, 0.15) is 5.82 Å². The molecule has 0 saturated carbocycles. The molecule has 1 heterocycles. The van der Waals surface area contributed by atoms with Crippen molar-refractivity contribution in [3.05, 3.63) is 68.9 Å². The van der Waals surface area contributed by atoms with Crippen LogP contribution >= 0.6 is 15.9 Å². The lowest BCUT2D eigenvalue weighted by atomic mass is 9.96. The quantitative estimate of drug-likeness (QED) is 0.924. The highest BCUT2D eigenvalue weighted by Gasteiger charge is 2.15. The predicted molar refractivity (Wildman–Crippen MR) is 79.7 cm³/mol. The number of hydrogen-bond acceptors (Lipinski definition) is 2. The molecule has 2 nitrogen and oxygen atoms in total. The van der Waals surface area contributed by atoms with Crippen LogP contribution in [0.3, 0.4) is 0 Å². The van der Waals surface area contributed by atoms with Crippen LogP contribution in [0.1, 0.15) is 28.3 Å². The molecule has 1 aliphatic rings. The van der Waals surface area contributed by atoms with Gasteiger partial charge in [0.2, 0.25) is 0 Å². The van der Waals surface area contributed by atoms with E-state index in [0.717, 1.165) is 10.0 Å². The molecular weight excluding hydrogens is 321 g/mol. The van der Waals surface area contributed by atoms with Crippen molar-refractivity contribution in [2.24, 2.45) is 5.73 Å². The van der Waals surface area contributed by atoms with Gasteiger partial charge in [0.25, 0.3) is 0 Å². The fourth-order valence-electron chi connectivity index (χ4n) is 2.48. The molecule has 0 aliphatic carbocycles. The maximum absolute atomic E-state index is 13.8. The Morgan fingerprint density at radius 2 is 1.95 bits per heavy atom. The molecule has 0 saturated heterocycles. The summed E-state index contributed by atoms with van der Waals surface area (Å²) >= 11 is 3.36. The summed E-state index contributed by atoms with van der Waals surface area (Å²) in [4.78, 5) is 0. The van der Waals surface area contributed by atoms with E-state index in [1.165, 1.54) is 17.2 Å².